The molecule has 3 rings (SSSR count). The summed E-state index contributed by atoms with van der Waals surface area (Å²) < 4.78 is 50.1. The van der Waals surface area contributed by atoms with Crippen molar-refractivity contribution in [2.24, 2.45) is 0 Å². The van der Waals surface area contributed by atoms with Crippen LogP contribution in [0.15, 0.2) is 71.6 Å². The van der Waals surface area contributed by atoms with E-state index in [0.717, 1.165) is 9.87 Å². The summed E-state index contributed by atoms with van der Waals surface area (Å²) in [6.45, 7) is 1.84. The second kappa shape index (κ2) is 12.4. The van der Waals surface area contributed by atoms with Gasteiger partial charge in [0.25, 0.3) is 10.0 Å². The van der Waals surface area contributed by atoms with E-state index < -0.39 is 22.5 Å². The molecule has 1 unspecified atom stereocenters. The summed E-state index contributed by atoms with van der Waals surface area (Å²) in [5.74, 6) is 0.836. The lowest BCUT2D eigenvalue weighted by atomic mass is 10.0. The Morgan fingerprint density at radius 2 is 1.49 bits per heavy atom. The molecule has 3 aromatic rings. The molecular weight excluding hydrogens is 496 g/mol. The summed E-state index contributed by atoms with van der Waals surface area (Å²) in [6, 6.07) is 18.7. The molecule has 0 radical (unpaired) electrons. The molecule has 0 heterocycles. The first-order valence-electron chi connectivity index (χ1n) is 11.5. The van der Waals surface area contributed by atoms with Crippen molar-refractivity contribution in [3.05, 3.63) is 72.3 Å². The lowest BCUT2D eigenvalue weighted by Gasteiger charge is -2.26. The lowest BCUT2D eigenvalue weighted by Crippen LogP contribution is -2.42. The van der Waals surface area contributed by atoms with Gasteiger partial charge in [-0.3, -0.25) is 9.10 Å². The third-order valence-corrected chi connectivity index (χ3v) is 7.61. The predicted molar refractivity (Wildman–Crippen MR) is 141 cm³/mol. The summed E-state index contributed by atoms with van der Waals surface area (Å²) in [4.78, 5) is 13.0. The number of carbonyl (C=O) groups excluding carboxylic acids is 1. The number of benzene rings is 3. The number of methoxy groups -OCH3 is 4. The number of ether oxygens (including phenoxy) is 4. The molecule has 1 atom stereocenters. The van der Waals surface area contributed by atoms with Gasteiger partial charge in [0.05, 0.1) is 39.0 Å². The van der Waals surface area contributed by atoms with Gasteiger partial charge in [0.1, 0.15) is 18.0 Å². The number of amides is 1. The smallest absolute Gasteiger partial charge is 0.265 e. The molecule has 198 valence electrons. The third-order valence-electron chi connectivity index (χ3n) is 5.86. The molecule has 0 aromatic heterocycles. The Kier molecular flexibility index (Phi) is 9.24. The highest BCUT2D eigenvalue weighted by molar-refractivity contribution is 7.92. The van der Waals surface area contributed by atoms with Gasteiger partial charge in [-0.1, -0.05) is 37.3 Å². The van der Waals surface area contributed by atoms with Gasteiger partial charge in [0, 0.05) is 18.7 Å². The standard InChI is InChI=1S/C27H32N2O7S/c1-19(20-9-7-6-8-10-20)17-28-27(30)18-29(23-15-21(33-2)11-13-24(23)34-3)37(31,32)22-12-14-25(35-4)26(16-22)36-5/h6-16,19H,17-18H2,1-5H3,(H,28,30). The molecule has 37 heavy (non-hydrogen) atoms. The molecule has 1 N–H and O–H groups in total. The summed E-state index contributed by atoms with van der Waals surface area (Å²) in [5, 5.41) is 2.85. The maximum absolute atomic E-state index is 13.9. The Labute approximate surface area is 218 Å². The highest BCUT2D eigenvalue weighted by Crippen LogP contribution is 2.37. The van der Waals surface area contributed by atoms with Crippen molar-refractivity contribution in [3.63, 3.8) is 0 Å². The van der Waals surface area contributed by atoms with Crippen molar-refractivity contribution in [3.8, 4) is 23.0 Å². The van der Waals surface area contributed by atoms with Gasteiger partial charge >= 0.3 is 0 Å². The summed E-state index contributed by atoms with van der Waals surface area (Å²) in [7, 11) is 1.51. The van der Waals surface area contributed by atoms with Crippen LogP contribution in [0.4, 0.5) is 5.69 Å². The van der Waals surface area contributed by atoms with Gasteiger partial charge in [0.15, 0.2) is 11.5 Å². The Balaban J connectivity index is 1.98. The van der Waals surface area contributed by atoms with E-state index in [-0.39, 0.29) is 28.0 Å². The first-order chi connectivity index (χ1) is 17.7. The van der Waals surface area contributed by atoms with Gasteiger partial charge in [-0.15, -0.1) is 0 Å². The number of carbonyl (C=O) groups is 1. The fourth-order valence-electron chi connectivity index (χ4n) is 3.75. The number of sulfonamides is 1. The Morgan fingerprint density at radius 1 is 0.838 bits per heavy atom. The molecule has 0 aliphatic carbocycles. The number of nitrogens with zero attached hydrogens (tertiary/aromatic N) is 1. The minimum Gasteiger partial charge on any atom is -0.497 e. The van der Waals surface area contributed by atoms with Crippen LogP contribution in [0.3, 0.4) is 0 Å². The number of hydrogen-bond donors (Lipinski definition) is 1. The summed E-state index contributed by atoms with van der Waals surface area (Å²) in [6.07, 6.45) is 0. The van der Waals surface area contributed by atoms with Crippen molar-refractivity contribution in [1.82, 2.24) is 5.32 Å². The Morgan fingerprint density at radius 3 is 2.11 bits per heavy atom. The number of rotatable bonds is 12. The maximum Gasteiger partial charge on any atom is 0.265 e. The van der Waals surface area contributed by atoms with Crippen LogP contribution < -0.4 is 28.6 Å². The van der Waals surface area contributed by atoms with Gasteiger partial charge in [-0.05, 0) is 35.7 Å². The fraction of sp³-hybridized carbons (Fsp3) is 0.296. The summed E-state index contributed by atoms with van der Waals surface area (Å²) >= 11 is 0. The van der Waals surface area contributed by atoms with Crippen molar-refractivity contribution in [1.29, 1.82) is 0 Å². The summed E-state index contributed by atoms with van der Waals surface area (Å²) in [5.41, 5.74) is 1.22. The fourth-order valence-corrected chi connectivity index (χ4v) is 5.19. The van der Waals surface area contributed by atoms with Crippen LogP contribution in [0.2, 0.25) is 0 Å². The zero-order valence-electron chi connectivity index (χ0n) is 21.6. The number of nitrogens with one attached hydrogen (secondary N) is 1. The van der Waals surface area contributed by atoms with Crippen LogP contribution in [-0.4, -0.2) is 55.9 Å². The minimum atomic E-state index is -4.25. The van der Waals surface area contributed by atoms with E-state index in [0.29, 0.717) is 18.0 Å². The zero-order valence-corrected chi connectivity index (χ0v) is 22.4. The Hall–Kier alpha value is -3.92. The van der Waals surface area contributed by atoms with Crippen LogP contribution in [0.1, 0.15) is 18.4 Å². The number of anilines is 1. The third kappa shape index (κ3) is 6.45. The van der Waals surface area contributed by atoms with E-state index in [1.807, 2.05) is 37.3 Å². The maximum atomic E-state index is 13.9. The van der Waals surface area contributed by atoms with Crippen LogP contribution in [0.5, 0.6) is 23.0 Å². The van der Waals surface area contributed by atoms with Crippen molar-refractivity contribution < 1.29 is 32.2 Å². The normalized spacial score (nSPS) is 11.8. The van der Waals surface area contributed by atoms with Crippen molar-refractivity contribution in [2.75, 3.05) is 45.8 Å². The van der Waals surface area contributed by atoms with Gasteiger partial charge in [0.2, 0.25) is 5.91 Å². The first-order valence-corrected chi connectivity index (χ1v) is 13.0. The second-order valence-corrected chi connectivity index (χ2v) is 10.0. The second-order valence-electron chi connectivity index (χ2n) is 8.18. The SMILES string of the molecule is COc1ccc(OC)c(N(CC(=O)NCC(C)c2ccccc2)S(=O)(=O)c2ccc(OC)c(OC)c2)c1. The molecule has 0 aliphatic rings. The van der Waals surface area contributed by atoms with E-state index in [2.05, 4.69) is 5.32 Å². The lowest BCUT2D eigenvalue weighted by molar-refractivity contribution is -0.119. The number of hydrogen-bond acceptors (Lipinski definition) is 7. The molecule has 10 heteroatoms. The molecule has 9 nitrogen and oxygen atoms in total. The first kappa shape index (κ1) is 27.7. The van der Waals surface area contributed by atoms with E-state index in [4.69, 9.17) is 18.9 Å². The Bertz CT molecular complexity index is 1310. The van der Waals surface area contributed by atoms with Gasteiger partial charge in [-0.2, -0.15) is 0 Å². The van der Waals surface area contributed by atoms with Crippen molar-refractivity contribution in [2.45, 2.75) is 17.7 Å². The monoisotopic (exact) mass is 528 g/mol. The minimum absolute atomic E-state index is 0.0346. The zero-order chi connectivity index (χ0) is 27.0. The molecular formula is C27H32N2O7S. The van der Waals surface area contributed by atoms with Gasteiger partial charge < -0.3 is 24.3 Å². The van der Waals surface area contributed by atoms with Crippen LogP contribution in [0.25, 0.3) is 0 Å². The van der Waals surface area contributed by atoms with E-state index in [1.54, 1.807) is 12.1 Å². The highest BCUT2D eigenvalue weighted by atomic mass is 32.2. The van der Waals surface area contributed by atoms with Crippen LogP contribution in [0, 0.1) is 0 Å². The van der Waals surface area contributed by atoms with E-state index in [9.17, 15) is 13.2 Å². The van der Waals surface area contributed by atoms with E-state index >= 15 is 0 Å². The van der Waals surface area contributed by atoms with Crippen LogP contribution >= 0.6 is 0 Å². The molecule has 1 amide bonds. The van der Waals surface area contributed by atoms with E-state index in [1.165, 1.54) is 52.7 Å². The highest BCUT2D eigenvalue weighted by Gasteiger charge is 2.31. The molecule has 0 aliphatic heterocycles. The largest absolute Gasteiger partial charge is 0.497 e. The van der Waals surface area contributed by atoms with Crippen LogP contribution in [-0.2, 0) is 14.8 Å². The average molecular weight is 529 g/mol. The quantitative estimate of drug-likeness (QED) is 0.381. The van der Waals surface area contributed by atoms with Gasteiger partial charge in [-0.25, -0.2) is 8.42 Å². The molecule has 0 bridgehead atoms. The molecule has 0 saturated heterocycles. The molecule has 0 saturated carbocycles. The van der Waals surface area contributed by atoms with Crippen molar-refractivity contribution >= 4 is 21.6 Å². The topological polar surface area (TPSA) is 103 Å². The predicted octanol–water partition coefficient (Wildman–Crippen LogP) is 3.84. The molecule has 0 spiro atoms. The molecule has 3 aromatic carbocycles. The average Bonchev–Trinajstić information content (AvgIpc) is 2.94. The molecule has 0 fully saturated rings.